The van der Waals surface area contributed by atoms with Gasteiger partial charge in [-0.25, -0.2) is 0 Å². The quantitative estimate of drug-likeness (QED) is 0.608. The molecule has 3 amide bonds. The highest BCUT2D eigenvalue weighted by molar-refractivity contribution is 7.98. The van der Waals surface area contributed by atoms with Crippen molar-refractivity contribution in [3.05, 3.63) is 47.3 Å². The Balaban J connectivity index is 1.49. The summed E-state index contributed by atoms with van der Waals surface area (Å²) in [7, 11) is 0. The van der Waals surface area contributed by atoms with Gasteiger partial charge in [0.15, 0.2) is 5.69 Å². The molecule has 1 aliphatic heterocycles. The van der Waals surface area contributed by atoms with E-state index in [1.54, 1.807) is 23.6 Å². The number of carbonyl (C=O) groups excluding carboxylic acids is 3. The fourth-order valence-electron chi connectivity index (χ4n) is 4.67. The van der Waals surface area contributed by atoms with Crippen molar-refractivity contribution in [1.29, 1.82) is 0 Å². The molecule has 2 aromatic rings. The maximum Gasteiger partial charge on any atom is 0.273 e. The van der Waals surface area contributed by atoms with Crippen LogP contribution in [0, 0.1) is 0 Å². The summed E-state index contributed by atoms with van der Waals surface area (Å²) in [4.78, 5) is 41.9. The number of likely N-dealkylation sites (N-methyl/N-ethyl adjacent to an activating group) is 1. The van der Waals surface area contributed by atoms with Crippen LogP contribution in [-0.4, -0.2) is 56.8 Å². The zero-order valence-electron chi connectivity index (χ0n) is 19.4. The number of rotatable bonds is 7. The standard InChI is InChI=1S/C24H31N5O3S/c1-4-28-22(31)20-13-19(21(30)25-14-16-9-11-18(33-3)12-10-16)27-29(20)15-24(28,2)23(32)26-17-7-5-6-8-17/h9-13,17H,4-8,14-15H2,1-3H3,(H,25,30)(H,26,32). The number of nitrogens with one attached hydrogen (secondary N) is 2. The van der Waals surface area contributed by atoms with Crippen molar-refractivity contribution < 1.29 is 14.4 Å². The number of aromatic nitrogens is 2. The molecule has 0 bridgehead atoms. The first kappa shape index (κ1) is 23.4. The summed E-state index contributed by atoms with van der Waals surface area (Å²) in [5.41, 5.74) is 0.433. The van der Waals surface area contributed by atoms with Crippen LogP contribution < -0.4 is 10.6 Å². The van der Waals surface area contributed by atoms with Crippen molar-refractivity contribution in [2.45, 2.75) is 69.1 Å². The Labute approximate surface area is 198 Å². The molecule has 2 aliphatic rings. The molecular weight excluding hydrogens is 438 g/mol. The highest BCUT2D eigenvalue weighted by atomic mass is 32.2. The lowest BCUT2D eigenvalue weighted by atomic mass is 9.94. The summed E-state index contributed by atoms with van der Waals surface area (Å²) in [6, 6.07) is 9.65. The van der Waals surface area contributed by atoms with Gasteiger partial charge in [-0.1, -0.05) is 25.0 Å². The second-order valence-corrected chi connectivity index (χ2v) is 9.76. The Kier molecular flexibility index (Phi) is 6.78. The zero-order valence-corrected chi connectivity index (χ0v) is 20.2. The largest absolute Gasteiger partial charge is 0.351 e. The van der Waals surface area contributed by atoms with Crippen LogP contribution in [0.15, 0.2) is 35.2 Å². The Bertz CT molecular complexity index is 1040. The van der Waals surface area contributed by atoms with Gasteiger partial charge in [0.05, 0.1) is 6.54 Å². The average Bonchev–Trinajstić information content (AvgIpc) is 3.48. The fraction of sp³-hybridized carbons (Fsp3) is 0.500. The van der Waals surface area contributed by atoms with Crippen LogP contribution in [-0.2, 0) is 17.9 Å². The summed E-state index contributed by atoms with van der Waals surface area (Å²) in [6.07, 6.45) is 6.18. The van der Waals surface area contributed by atoms with E-state index in [1.807, 2.05) is 37.4 Å². The average molecular weight is 470 g/mol. The third-order valence-corrected chi connectivity index (χ3v) is 7.38. The number of thioether (sulfide) groups is 1. The van der Waals surface area contributed by atoms with Crippen LogP contribution in [0.5, 0.6) is 0 Å². The van der Waals surface area contributed by atoms with Crippen molar-refractivity contribution in [3.63, 3.8) is 0 Å². The molecule has 4 rings (SSSR count). The second kappa shape index (κ2) is 9.59. The molecule has 176 valence electrons. The minimum atomic E-state index is -1.06. The Morgan fingerprint density at radius 2 is 1.91 bits per heavy atom. The van der Waals surface area contributed by atoms with Gasteiger partial charge in [0.2, 0.25) is 5.91 Å². The summed E-state index contributed by atoms with van der Waals surface area (Å²) in [6.45, 7) is 4.62. The van der Waals surface area contributed by atoms with Gasteiger partial charge >= 0.3 is 0 Å². The van der Waals surface area contributed by atoms with E-state index in [9.17, 15) is 14.4 Å². The maximum atomic E-state index is 13.2. The van der Waals surface area contributed by atoms with Gasteiger partial charge in [-0.15, -0.1) is 11.8 Å². The predicted octanol–water partition coefficient (Wildman–Crippen LogP) is 2.83. The molecule has 9 heteroatoms. The highest BCUT2D eigenvalue weighted by Gasteiger charge is 2.48. The molecule has 0 spiro atoms. The van der Waals surface area contributed by atoms with Crippen molar-refractivity contribution in [1.82, 2.24) is 25.3 Å². The topological polar surface area (TPSA) is 96.3 Å². The molecule has 33 heavy (non-hydrogen) atoms. The van der Waals surface area contributed by atoms with Crippen LogP contribution in [0.1, 0.15) is 66.1 Å². The van der Waals surface area contributed by atoms with Gasteiger partial charge in [0.25, 0.3) is 11.8 Å². The van der Waals surface area contributed by atoms with Gasteiger partial charge in [-0.05, 0) is 50.6 Å². The summed E-state index contributed by atoms with van der Waals surface area (Å²) >= 11 is 1.66. The van der Waals surface area contributed by atoms with Crippen LogP contribution >= 0.6 is 11.8 Å². The Morgan fingerprint density at radius 1 is 1.21 bits per heavy atom. The van der Waals surface area contributed by atoms with Crippen molar-refractivity contribution in [3.8, 4) is 0 Å². The first-order valence-electron chi connectivity index (χ1n) is 11.5. The van der Waals surface area contributed by atoms with E-state index in [-0.39, 0.29) is 36.0 Å². The third-order valence-electron chi connectivity index (χ3n) is 6.64. The number of benzene rings is 1. The number of hydrogen-bond donors (Lipinski definition) is 2. The van der Waals surface area contributed by atoms with Crippen molar-refractivity contribution >= 4 is 29.5 Å². The molecule has 1 aromatic carbocycles. The highest BCUT2D eigenvalue weighted by Crippen LogP contribution is 2.28. The first-order valence-corrected chi connectivity index (χ1v) is 12.7. The molecule has 1 atom stereocenters. The van der Waals surface area contributed by atoms with Gasteiger partial charge in [0.1, 0.15) is 11.2 Å². The van der Waals surface area contributed by atoms with Crippen LogP contribution in [0.3, 0.4) is 0 Å². The lowest BCUT2D eigenvalue weighted by Crippen LogP contribution is -2.64. The van der Waals surface area contributed by atoms with Crippen molar-refractivity contribution in [2.75, 3.05) is 12.8 Å². The third kappa shape index (κ3) is 4.64. The fourth-order valence-corrected chi connectivity index (χ4v) is 5.08. The number of hydrogen-bond acceptors (Lipinski definition) is 5. The molecule has 2 heterocycles. The van der Waals surface area contributed by atoms with E-state index in [4.69, 9.17) is 0 Å². The predicted molar refractivity (Wildman–Crippen MR) is 127 cm³/mol. The molecule has 0 saturated heterocycles. The molecule has 1 unspecified atom stereocenters. The lowest BCUT2D eigenvalue weighted by molar-refractivity contribution is -0.133. The number of fused-ring (bicyclic) bond motifs is 1. The zero-order chi connectivity index (χ0) is 23.6. The van der Waals surface area contributed by atoms with Crippen LogP contribution in [0.25, 0.3) is 0 Å². The summed E-state index contributed by atoms with van der Waals surface area (Å²) < 4.78 is 1.50. The lowest BCUT2D eigenvalue weighted by Gasteiger charge is -2.43. The van der Waals surface area contributed by atoms with E-state index in [2.05, 4.69) is 15.7 Å². The van der Waals surface area contributed by atoms with Gasteiger partial charge in [-0.2, -0.15) is 5.10 Å². The van der Waals surface area contributed by atoms with E-state index in [1.165, 1.54) is 10.7 Å². The monoisotopic (exact) mass is 469 g/mol. The van der Waals surface area contributed by atoms with E-state index in [0.29, 0.717) is 18.8 Å². The Morgan fingerprint density at radius 3 is 2.55 bits per heavy atom. The molecular formula is C24H31N5O3S. The molecule has 8 nitrogen and oxygen atoms in total. The Hall–Kier alpha value is -2.81. The number of amides is 3. The van der Waals surface area contributed by atoms with Gasteiger partial charge in [0, 0.05) is 30.1 Å². The molecule has 1 aromatic heterocycles. The summed E-state index contributed by atoms with van der Waals surface area (Å²) in [5, 5.41) is 10.4. The first-order chi connectivity index (χ1) is 15.9. The molecule has 1 fully saturated rings. The molecule has 0 radical (unpaired) electrons. The normalized spacial score (nSPS) is 20.6. The minimum absolute atomic E-state index is 0.161. The molecule has 2 N–H and O–H groups in total. The molecule has 1 aliphatic carbocycles. The van der Waals surface area contributed by atoms with Crippen molar-refractivity contribution in [2.24, 2.45) is 0 Å². The van der Waals surface area contributed by atoms with Gasteiger partial charge in [-0.3, -0.25) is 19.1 Å². The molecule has 1 saturated carbocycles. The van der Waals surface area contributed by atoms with E-state index >= 15 is 0 Å². The van der Waals surface area contributed by atoms with E-state index < -0.39 is 5.54 Å². The number of nitrogens with zero attached hydrogens (tertiary/aromatic N) is 3. The smallest absolute Gasteiger partial charge is 0.273 e. The van der Waals surface area contributed by atoms with Crippen LogP contribution in [0.4, 0.5) is 0 Å². The maximum absolute atomic E-state index is 13.2. The second-order valence-electron chi connectivity index (χ2n) is 8.88. The SMILES string of the molecule is CCN1C(=O)c2cc(C(=O)NCc3ccc(SC)cc3)nn2CC1(C)C(=O)NC1CCCC1. The van der Waals surface area contributed by atoms with Crippen LogP contribution in [0.2, 0.25) is 0 Å². The number of carbonyl (C=O) groups is 3. The van der Waals surface area contributed by atoms with E-state index in [0.717, 1.165) is 36.1 Å². The summed E-state index contributed by atoms with van der Waals surface area (Å²) in [5.74, 6) is -0.795. The van der Waals surface area contributed by atoms with Gasteiger partial charge < -0.3 is 15.5 Å². The minimum Gasteiger partial charge on any atom is -0.351 e.